The van der Waals surface area contributed by atoms with Crippen LogP contribution in [-0.4, -0.2) is 61.3 Å². The number of amides is 1. The molecule has 0 spiro atoms. The van der Waals surface area contributed by atoms with Crippen molar-refractivity contribution in [2.45, 2.75) is 42.9 Å². The molecule has 160 valence electrons. The van der Waals surface area contributed by atoms with Crippen molar-refractivity contribution in [2.75, 3.05) is 13.6 Å². The van der Waals surface area contributed by atoms with Gasteiger partial charge >= 0.3 is 6.18 Å². The molecule has 1 saturated carbocycles. The lowest BCUT2D eigenvalue weighted by Crippen LogP contribution is -2.55. The number of carbonyl (C=O) groups is 1. The third kappa shape index (κ3) is 3.95. The third-order valence-electron chi connectivity index (χ3n) is 5.04. The molecule has 2 bridgehead atoms. The molecule has 12 heteroatoms. The highest BCUT2D eigenvalue weighted by atomic mass is 32.2. The highest BCUT2D eigenvalue weighted by Gasteiger charge is 2.59. The van der Waals surface area contributed by atoms with Crippen molar-refractivity contribution in [3.63, 3.8) is 0 Å². The number of alkyl halides is 3. The number of sulfonamides is 1. The summed E-state index contributed by atoms with van der Waals surface area (Å²) >= 11 is 0. The Labute approximate surface area is 165 Å². The molecular formula is C17H20F4N4O3S. The Morgan fingerprint density at radius 2 is 1.86 bits per heavy atom. The first-order valence-corrected chi connectivity index (χ1v) is 10.4. The summed E-state index contributed by atoms with van der Waals surface area (Å²) in [5, 5.41) is 0.463. The number of carbonyl (C=O) groups excluding carboxylic acids is 1. The van der Waals surface area contributed by atoms with Gasteiger partial charge in [0.25, 0.3) is 5.91 Å². The van der Waals surface area contributed by atoms with Crippen molar-refractivity contribution in [1.82, 2.24) is 14.7 Å². The Morgan fingerprint density at radius 3 is 2.38 bits per heavy atom. The number of fused-ring (bicyclic) bond motifs is 1. The maximum atomic E-state index is 13.1. The first-order chi connectivity index (χ1) is 13.5. The fraction of sp³-hybridized carbons (Fsp3) is 0.529. The summed E-state index contributed by atoms with van der Waals surface area (Å²) in [6, 6.07) is 2.62. The number of halogens is 4. The van der Waals surface area contributed by atoms with Gasteiger partial charge in [0, 0.05) is 19.6 Å². The van der Waals surface area contributed by atoms with Gasteiger partial charge < -0.3 is 0 Å². The molecule has 4 rings (SSSR count). The normalized spacial score (nSPS) is 24.9. The number of aliphatic imine (C=N–C) groups is 1. The minimum Gasteiger partial charge on any atom is -0.271 e. The van der Waals surface area contributed by atoms with E-state index in [1.807, 2.05) is 0 Å². The van der Waals surface area contributed by atoms with Crippen molar-refractivity contribution in [2.24, 2.45) is 10.9 Å². The van der Waals surface area contributed by atoms with Crippen LogP contribution in [-0.2, 0) is 14.8 Å². The minimum absolute atomic E-state index is 0.145. The number of hydrogen-bond acceptors (Lipinski definition) is 4. The molecule has 1 atom stereocenters. The van der Waals surface area contributed by atoms with E-state index in [2.05, 4.69) is 10.4 Å². The van der Waals surface area contributed by atoms with Crippen LogP contribution < -0.4 is 5.43 Å². The lowest BCUT2D eigenvalue weighted by atomic mass is 9.83. The van der Waals surface area contributed by atoms with E-state index in [0.29, 0.717) is 17.9 Å². The molecule has 29 heavy (non-hydrogen) atoms. The summed E-state index contributed by atoms with van der Waals surface area (Å²) in [5.41, 5.74) is 2.11. The second-order valence-corrected chi connectivity index (χ2v) is 8.79. The van der Waals surface area contributed by atoms with Gasteiger partial charge in [0.2, 0.25) is 15.9 Å². The van der Waals surface area contributed by atoms with Crippen LogP contribution in [0, 0.1) is 11.7 Å². The lowest BCUT2D eigenvalue weighted by Gasteiger charge is -2.28. The second kappa shape index (κ2) is 7.56. The summed E-state index contributed by atoms with van der Waals surface area (Å²) in [5.74, 6) is -3.05. The predicted molar refractivity (Wildman–Crippen MR) is 95.7 cm³/mol. The molecule has 2 heterocycles. The fourth-order valence-electron chi connectivity index (χ4n) is 3.75. The van der Waals surface area contributed by atoms with Crippen LogP contribution in [0.4, 0.5) is 17.6 Å². The van der Waals surface area contributed by atoms with Gasteiger partial charge in [0.15, 0.2) is 0 Å². The van der Waals surface area contributed by atoms with Gasteiger partial charge in [-0.3, -0.25) is 20.2 Å². The maximum absolute atomic E-state index is 13.1. The molecule has 1 amide bonds. The molecular weight excluding hydrogens is 416 g/mol. The van der Waals surface area contributed by atoms with Crippen LogP contribution in [0.2, 0.25) is 0 Å². The first-order valence-electron chi connectivity index (χ1n) is 8.91. The zero-order valence-corrected chi connectivity index (χ0v) is 16.5. The Hall–Kier alpha value is -2.21. The van der Waals surface area contributed by atoms with E-state index in [-0.39, 0.29) is 17.4 Å². The van der Waals surface area contributed by atoms with Gasteiger partial charge in [0.05, 0.1) is 4.90 Å². The second-order valence-electron chi connectivity index (χ2n) is 6.95. The molecule has 2 saturated heterocycles. The number of nitrogens with one attached hydrogen (secondary N) is 1. The van der Waals surface area contributed by atoms with Gasteiger partial charge in [-0.25, -0.2) is 12.8 Å². The molecule has 1 aromatic carbocycles. The average molecular weight is 436 g/mol. The molecule has 1 aromatic rings. The predicted octanol–water partition coefficient (Wildman–Crippen LogP) is 1.92. The molecule has 0 aromatic heterocycles. The fourth-order valence-corrected chi connectivity index (χ4v) is 5.61. The van der Waals surface area contributed by atoms with E-state index < -0.39 is 45.8 Å². The van der Waals surface area contributed by atoms with Crippen molar-refractivity contribution in [3.05, 3.63) is 30.1 Å². The monoisotopic (exact) mass is 436 g/mol. The van der Waals surface area contributed by atoms with Crippen molar-refractivity contribution in [3.8, 4) is 0 Å². The van der Waals surface area contributed by atoms with E-state index in [0.717, 1.165) is 35.6 Å². The van der Waals surface area contributed by atoms with Gasteiger partial charge in [-0.2, -0.15) is 17.5 Å². The average Bonchev–Trinajstić information content (AvgIpc) is 3.15. The summed E-state index contributed by atoms with van der Waals surface area (Å²) < 4.78 is 79.5. The molecule has 0 unspecified atom stereocenters. The van der Waals surface area contributed by atoms with Crippen LogP contribution in [0.1, 0.15) is 19.8 Å². The molecule has 0 radical (unpaired) electrons. The largest absolute Gasteiger partial charge is 0.450 e. The summed E-state index contributed by atoms with van der Waals surface area (Å²) in [7, 11) is -3.12. The Morgan fingerprint density at radius 1 is 1.28 bits per heavy atom. The van der Waals surface area contributed by atoms with Crippen molar-refractivity contribution < 1.29 is 30.8 Å². The van der Waals surface area contributed by atoms with Gasteiger partial charge in [-0.1, -0.05) is 0 Å². The van der Waals surface area contributed by atoms with E-state index in [1.54, 1.807) is 0 Å². The van der Waals surface area contributed by atoms with Crippen LogP contribution in [0.25, 0.3) is 0 Å². The van der Waals surface area contributed by atoms with Gasteiger partial charge in [-0.15, -0.1) is 0 Å². The quantitative estimate of drug-likeness (QED) is 0.339. The number of amidine groups is 1. The van der Waals surface area contributed by atoms with E-state index in [4.69, 9.17) is 0 Å². The van der Waals surface area contributed by atoms with Crippen LogP contribution in [0.3, 0.4) is 0 Å². The number of benzene rings is 1. The topological polar surface area (TPSA) is 82.1 Å². The highest BCUT2D eigenvalue weighted by molar-refractivity contribution is 7.89. The Bertz CT molecular complexity index is 912. The third-order valence-corrected chi connectivity index (χ3v) is 6.99. The number of rotatable bonds is 4. The zero-order valence-electron chi connectivity index (χ0n) is 15.6. The van der Waals surface area contributed by atoms with E-state index in [9.17, 15) is 30.8 Å². The smallest absolute Gasteiger partial charge is 0.271 e. The Kier molecular flexibility index (Phi) is 5.60. The molecule has 1 N–H and O–H groups in total. The SMILES string of the molecule is CC/N=C(\N(C)NC(=O)[C@@H]1C2CC(C2)N1S(=O)(=O)c1ccc(F)cc1)C(F)(F)F. The van der Waals surface area contributed by atoms with Crippen molar-refractivity contribution >= 4 is 21.8 Å². The number of hydrazine groups is 1. The van der Waals surface area contributed by atoms with Crippen LogP contribution in [0.5, 0.6) is 0 Å². The van der Waals surface area contributed by atoms with Gasteiger partial charge in [-0.05, 0) is 49.9 Å². The first kappa shape index (κ1) is 21.5. The highest BCUT2D eigenvalue weighted by Crippen LogP contribution is 2.48. The standard InChI is InChI=1S/C17H20F4N4O3S/c1-3-22-16(17(19,20)21)24(2)23-15(26)14-10-8-12(9-10)25(14)29(27,28)13-6-4-11(18)5-7-13/h4-7,10,12,14H,3,8-9H2,1-2H3,(H,23,26)/b22-16-/t10?,12?,14-/m0/s1. The van der Waals surface area contributed by atoms with Crippen LogP contribution >= 0.6 is 0 Å². The van der Waals surface area contributed by atoms with E-state index >= 15 is 0 Å². The summed E-state index contributed by atoms with van der Waals surface area (Å²) in [6.07, 6.45) is -3.90. The number of hydrogen-bond donors (Lipinski definition) is 1. The molecule has 2 aliphatic heterocycles. The molecule has 3 fully saturated rings. The molecule has 1 aliphatic carbocycles. The summed E-state index contributed by atoms with van der Waals surface area (Å²) in [4.78, 5) is 15.9. The van der Waals surface area contributed by atoms with Gasteiger partial charge in [0.1, 0.15) is 11.9 Å². The maximum Gasteiger partial charge on any atom is 0.450 e. The number of nitrogens with zero attached hydrogens (tertiary/aromatic N) is 3. The molecule has 7 nitrogen and oxygen atoms in total. The van der Waals surface area contributed by atoms with Crippen molar-refractivity contribution in [1.29, 1.82) is 0 Å². The van der Waals surface area contributed by atoms with Crippen LogP contribution in [0.15, 0.2) is 34.2 Å². The lowest BCUT2D eigenvalue weighted by molar-refractivity contribution is -0.128. The van der Waals surface area contributed by atoms with E-state index in [1.165, 1.54) is 6.92 Å². The molecule has 3 aliphatic rings. The Balaban J connectivity index is 1.83. The zero-order chi connectivity index (χ0) is 21.6. The summed E-state index contributed by atoms with van der Waals surface area (Å²) in [6.45, 7) is 1.28. The minimum atomic E-state index is -4.78.